The van der Waals surface area contributed by atoms with E-state index >= 15 is 0 Å². The van der Waals surface area contributed by atoms with Crippen LogP contribution in [0.4, 0.5) is 0 Å². The average molecular weight is 306 g/mol. The SMILES string of the molecule is CNC(=O)[C@H]1CCCCN1Cc1ccc(OCC(=O)O)cc1. The predicted octanol–water partition coefficient (Wildman–Crippen LogP) is 1.25. The molecule has 2 rings (SSSR count). The number of likely N-dealkylation sites (N-methyl/N-ethyl adjacent to an activating group) is 1. The zero-order valence-corrected chi connectivity index (χ0v) is 12.7. The van der Waals surface area contributed by atoms with Gasteiger partial charge in [-0.15, -0.1) is 0 Å². The van der Waals surface area contributed by atoms with Crippen LogP contribution in [-0.4, -0.2) is 48.1 Å². The maximum atomic E-state index is 11.9. The van der Waals surface area contributed by atoms with E-state index in [4.69, 9.17) is 9.84 Å². The maximum Gasteiger partial charge on any atom is 0.341 e. The molecule has 0 bridgehead atoms. The molecule has 1 aliphatic rings. The number of rotatable bonds is 6. The third-order valence-corrected chi connectivity index (χ3v) is 3.83. The first-order valence-electron chi connectivity index (χ1n) is 7.49. The summed E-state index contributed by atoms with van der Waals surface area (Å²) < 4.78 is 5.11. The van der Waals surface area contributed by atoms with Crippen LogP contribution in [0.2, 0.25) is 0 Å². The molecule has 1 saturated heterocycles. The van der Waals surface area contributed by atoms with Crippen LogP contribution in [0.3, 0.4) is 0 Å². The van der Waals surface area contributed by atoms with Crippen molar-refractivity contribution in [3.05, 3.63) is 29.8 Å². The first kappa shape index (κ1) is 16.3. The highest BCUT2D eigenvalue weighted by molar-refractivity contribution is 5.81. The number of carbonyl (C=O) groups is 2. The van der Waals surface area contributed by atoms with Crippen LogP contribution in [0.1, 0.15) is 24.8 Å². The Balaban J connectivity index is 1.96. The summed E-state index contributed by atoms with van der Waals surface area (Å²) in [5.74, 6) is -0.389. The van der Waals surface area contributed by atoms with Crippen LogP contribution in [-0.2, 0) is 16.1 Å². The van der Waals surface area contributed by atoms with Crippen molar-refractivity contribution < 1.29 is 19.4 Å². The average Bonchev–Trinajstić information content (AvgIpc) is 2.54. The van der Waals surface area contributed by atoms with Crippen molar-refractivity contribution in [3.63, 3.8) is 0 Å². The molecule has 1 aromatic rings. The van der Waals surface area contributed by atoms with Gasteiger partial charge in [0, 0.05) is 13.6 Å². The zero-order chi connectivity index (χ0) is 15.9. The Morgan fingerprint density at radius 1 is 1.32 bits per heavy atom. The number of carboxylic acids is 1. The Hall–Kier alpha value is -2.08. The van der Waals surface area contributed by atoms with Crippen molar-refractivity contribution >= 4 is 11.9 Å². The molecule has 0 spiro atoms. The molecule has 1 atom stereocenters. The number of ether oxygens (including phenoxy) is 1. The van der Waals surface area contributed by atoms with Crippen LogP contribution in [0.5, 0.6) is 5.75 Å². The summed E-state index contributed by atoms with van der Waals surface area (Å²) >= 11 is 0. The van der Waals surface area contributed by atoms with Crippen molar-refractivity contribution in [2.45, 2.75) is 31.8 Å². The van der Waals surface area contributed by atoms with Crippen molar-refractivity contribution in [1.82, 2.24) is 10.2 Å². The fourth-order valence-corrected chi connectivity index (χ4v) is 2.71. The molecule has 6 heteroatoms. The minimum absolute atomic E-state index is 0.0679. The monoisotopic (exact) mass is 306 g/mol. The molecule has 0 aromatic heterocycles. The van der Waals surface area contributed by atoms with Gasteiger partial charge in [0.05, 0.1) is 6.04 Å². The summed E-state index contributed by atoms with van der Waals surface area (Å²) in [5.41, 5.74) is 1.08. The molecule has 2 N–H and O–H groups in total. The van der Waals surface area contributed by atoms with Crippen LogP contribution in [0.25, 0.3) is 0 Å². The molecule has 1 amide bonds. The summed E-state index contributed by atoms with van der Waals surface area (Å²) in [7, 11) is 1.67. The molecule has 1 fully saturated rings. The Bertz CT molecular complexity index is 515. The van der Waals surface area contributed by atoms with Gasteiger partial charge in [0.1, 0.15) is 5.75 Å². The second kappa shape index (κ2) is 7.79. The van der Waals surface area contributed by atoms with Gasteiger partial charge in [-0.25, -0.2) is 4.79 Å². The lowest BCUT2D eigenvalue weighted by atomic mass is 10.0. The Labute approximate surface area is 130 Å². The highest BCUT2D eigenvalue weighted by atomic mass is 16.5. The quantitative estimate of drug-likeness (QED) is 0.827. The van der Waals surface area contributed by atoms with E-state index < -0.39 is 5.97 Å². The van der Waals surface area contributed by atoms with E-state index in [-0.39, 0.29) is 18.6 Å². The molecule has 120 valence electrons. The Morgan fingerprint density at radius 2 is 2.05 bits per heavy atom. The molecule has 1 aliphatic heterocycles. The number of amides is 1. The molecular formula is C16H22N2O4. The van der Waals surface area contributed by atoms with Crippen LogP contribution >= 0.6 is 0 Å². The summed E-state index contributed by atoms with van der Waals surface area (Å²) in [6, 6.07) is 7.27. The summed E-state index contributed by atoms with van der Waals surface area (Å²) in [6.07, 6.45) is 3.07. The van der Waals surface area contributed by atoms with Crippen molar-refractivity contribution in [2.75, 3.05) is 20.2 Å². The van der Waals surface area contributed by atoms with Gasteiger partial charge >= 0.3 is 5.97 Å². The third kappa shape index (κ3) is 4.46. The number of piperidine rings is 1. The topological polar surface area (TPSA) is 78.9 Å². The van der Waals surface area contributed by atoms with E-state index in [1.54, 1.807) is 19.2 Å². The number of benzene rings is 1. The number of carbonyl (C=O) groups excluding carboxylic acids is 1. The van der Waals surface area contributed by atoms with Gasteiger partial charge < -0.3 is 15.2 Å². The first-order valence-corrected chi connectivity index (χ1v) is 7.49. The van der Waals surface area contributed by atoms with E-state index in [1.807, 2.05) is 12.1 Å². The normalized spacial score (nSPS) is 18.7. The second-order valence-corrected chi connectivity index (χ2v) is 5.42. The van der Waals surface area contributed by atoms with Crippen molar-refractivity contribution in [3.8, 4) is 5.75 Å². The zero-order valence-electron chi connectivity index (χ0n) is 12.7. The fourth-order valence-electron chi connectivity index (χ4n) is 2.71. The van der Waals surface area contributed by atoms with Gasteiger partial charge in [0.15, 0.2) is 6.61 Å². The fraction of sp³-hybridized carbons (Fsp3) is 0.500. The number of aliphatic carboxylic acids is 1. The molecule has 0 aliphatic carbocycles. The molecule has 6 nitrogen and oxygen atoms in total. The van der Waals surface area contributed by atoms with Crippen molar-refractivity contribution in [1.29, 1.82) is 0 Å². The highest BCUT2D eigenvalue weighted by Gasteiger charge is 2.27. The van der Waals surface area contributed by atoms with E-state index in [9.17, 15) is 9.59 Å². The maximum absolute atomic E-state index is 11.9. The van der Waals surface area contributed by atoms with Gasteiger partial charge in [-0.05, 0) is 37.1 Å². The van der Waals surface area contributed by atoms with Gasteiger partial charge in [-0.1, -0.05) is 18.6 Å². The van der Waals surface area contributed by atoms with E-state index in [2.05, 4.69) is 10.2 Å². The molecule has 1 heterocycles. The van der Waals surface area contributed by atoms with Crippen LogP contribution in [0.15, 0.2) is 24.3 Å². The molecule has 22 heavy (non-hydrogen) atoms. The minimum atomic E-state index is -0.995. The van der Waals surface area contributed by atoms with Crippen LogP contribution < -0.4 is 10.1 Å². The lowest BCUT2D eigenvalue weighted by molar-refractivity contribution is -0.139. The van der Waals surface area contributed by atoms with Crippen LogP contribution in [0, 0.1) is 0 Å². The molecule has 1 aromatic carbocycles. The summed E-state index contributed by atoms with van der Waals surface area (Å²) in [4.78, 5) is 24.6. The molecule has 0 radical (unpaired) electrons. The standard InChI is InChI=1S/C16H22N2O4/c1-17-16(21)14-4-2-3-9-18(14)10-12-5-7-13(8-6-12)22-11-15(19)20/h5-8,14H,2-4,9-11H2,1H3,(H,17,21)(H,19,20)/t14-/m1/s1. The highest BCUT2D eigenvalue weighted by Crippen LogP contribution is 2.21. The smallest absolute Gasteiger partial charge is 0.341 e. The molecule has 0 saturated carbocycles. The van der Waals surface area contributed by atoms with E-state index in [1.165, 1.54) is 0 Å². The number of nitrogens with zero attached hydrogens (tertiary/aromatic N) is 1. The predicted molar refractivity (Wildman–Crippen MR) is 81.7 cm³/mol. The van der Waals surface area contributed by atoms with Crippen molar-refractivity contribution in [2.24, 2.45) is 0 Å². The largest absolute Gasteiger partial charge is 0.482 e. The second-order valence-electron chi connectivity index (χ2n) is 5.42. The van der Waals surface area contributed by atoms with Gasteiger partial charge in [0.2, 0.25) is 5.91 Å². The van der Waals surface area contributed by atoms with E-state index in [0.717, 1.165) is 31.4 Å². The van der Waals surface area contributed by atoms with Gasteiger partial charge in [0.25, 0.3) is 0 Å². The number of hydrogen-bond acceptors (Lipinski definition) is 4. The number of carboxylic acid groups (broad SMARTS) is 1. The van der Waals surface area contributed by atoms with E-state index in [0.29, 0.717) is 12.3 Å². The lowest BCUT2D eigenvalue weighted by Crippen LogP contribution is -2.48. The summed E-state index contributed by atoms with van der Waals surface area (Å²) in [6.45, 7) is 1.27. The molecular weight excluding hydrogens is 284 g/mol. The first-order chi connectivity index (χ1) is 10.6. The summed E-state index contributed by atoms with van der Waals surface area (Å²) in [5, 5.41) is 11.3. The van der Waals surface area contributed by atoms with Gasteiger partial charge in [-0.3, -0.25) is 9.69 Å². The number of nitrogens with one attached hydrogen (secondary N) is 1. The Kier molecular flexibility index (Phi) is 5.77. The minimum Gasteiger partial charge on any atom is -0.482 e. The molecule has 0 unspecified atom stereocenters. The van der Waals surface area contributed by atoms with Gasteiger partial charge in [-0.2, -0.15) is 0 Å². The third-order valence-electron chi connectivity index (χ3n) is 3.83. The Morgan fingerprint density at radius 3 is 2.68 bits per heavy atom. The lowest BCUT2D eigenvalue weighted by Gasteiger charge is -2.34. The number of hydrogen-bond donors (Lipinski definition) is 2. The number of likely N-dealkylation sites (tertiary alicyclic amines) is 1.